The first-order chi connectivity index (χ1) is 13.5. The molecule has 1 amide bonds. The number of amides is 1. The van der Waals surface area contributed by atoms with Crippen molar-refractivity contribution in [1.29, 1.82) is 0 Å². The van der Waals surface area contributed by atoms with E-state index in [0.717, 1.165) is 11.3 Å². The molecule has 0 aliphatic carbocycles. The summed E-state index contributed by atoms with van der Waals surface area (Å²) in [5, 5.41) is 2.56. The lowest BCUT2D eigenvalue weighted by atomic mass is 10.1. The highest BCUT2D eigenvalue weighted by molar-refractivity contribution is 7.14. The van der Waals surface area contributed by atoms with E-state index in [1.54, 1.807) is 24.8 Å². The van der Waals surface area contributed by atoms with Crippen molar-refractivity contribution in [3.05, 3.63) is 75.8 Å². The van der Waals surface area contributed by atoms with Crippen molar-refractivity contribution in [2.45, 2.75) is 26.7 Å². The van der Waals surface area contributed by atoms with Gasteiger partial charge in [0.15, 0.2) is 5.13 Å². The Morgan fingerprint density at radius 1 is 1.25 bits per heavy atom. The van der Waals surface area contributed by atoms with Gasteiger partial charge in [-0.1, -0.05) is 36.4 Å². The predicted octanol–water partition coefficient (Wildman–Crippen LogP) is 3.66. The standard InChI is InChI=1S/C21H22N4O2S/c1-4-12-25(21-24-18(13-28-21)16-8-6-5-7-9-16)19(26)11-10-17-14(2)22-15(3)23-20(17)27/h4-9,13H,1,10-12H2,2-3H3,(H,22,23,27). The van der Waals surface area contributed by atoms with Crippen molar-refractivity contribution in [1.82, 2.24) is 15.0 Å². The highest BCUT2D eigenvalue weighted by atomic mass is 32.1. The number of aromatic nitrogens is 3. The van der Waals surface area contributed by atoms with Crippen LogP contribution in [0.1, 0.15) is 23.5 Å². The molecule has 0 saturated heterocycles. The lowest BCUT2D eigenvalue weighted by Gasteiger charge is -2.18. The summed E-state index contributed by atoms with van der Waals surface area (Å²) < 4.78 is 0. The average Bonchev–Trinajstić information content (AvgIpc) is 3.15. The molecule has 0 bridgehead atoms. The van der Waals surface area contributed by atoms with Crippen LogP contribution in [0.5, 0.6) is 0 Å². The van der Waals surface area contributed by atoms with E-state index in [9.17, 15) is 9.59 Å². The molecule has 3 aromatic rings. The number of carbonyl (C=O) groups is 1. The minimum atomic E-state index is -0.186. The van der Waals surface area contributed by atoms with Crippen LogP contribution in [-0.4, -0.2) is 27.4 Å². The summed E-state index contributed by atoms with van der Waals surface area (Å²) in [5.74, 6) is 0.468. The van der Waals surface area contributed by atoms with E-state index in [1.165, 1.54) is 11.3 Å². The molecule has 0 unspecified atom stereocenters. The fraction of sp³-hybridized carbons (Fsp3) is 0.238. The number of H-pyrrole nitrogens is 1. The largest absolute Gasteiger partial charge is 0.311 e. The third kappa shape index (κ3) is 4.43. The Labute approximate surface area is 167 Å². The molecule has 6 nitrogen and oxygen atoms in total. The van der Waals surface area contributed by atoms with Gasteiger partial charge in [0.2, 0.25) is 5.91 Å². The summed E-state index contributed by atoms with van der Waals surface area (Å²) in [4.78, 5) is 38.2. The van der Waals surface area contributed by atoms with Gasteiger partial charge in [-0.05, 0) is 20.3 Å². The first-order valence-electron chi connectivity index (χ1n) is 8.98. The van der Waals surface area contributed by atoms with E-state index < -0.39 is 0 Å². The van der Waals surface area contributed by atoms with Crippen molar-refractivity contribution in [3.63, 3.8) is 0 Å². The maximum atomic E-state index is 12.9. The Morgan fingerprint density at radius 3 is 2.68 bits per heavy atom. The van der Waals surface area contributed by atoms with E-state index in [1.807, 2.05) is 35.7 Å². The van der Waals surface area contributed by atoms with Crippen LogP contribution in [0.3, 0.4) is 0 Å². The monoisotopic (exact) mass is 394 g/mol. The fourth-order valence-electron chi connectivity index (χ4n) is 2.96. The number of anilines is 1. The lowest BCUT2D eigenvalue weighted by Crippen LogP contribution is -2.31. The van der Waals surface area contributed by atoms with Gasteiger partial charge in [-0.2, -0.15) is 0 Å². The third-order valence-corrected chi connectivity index (χ3v) is 5.20. The molecule has 2 aromatic heterocycles. The smallest absolute Gasteiger partial charge is 0.254 e. The van der Waals surface area contributed by atoms with E-state index in [-0.39, 0.29) is 17.9 Å². The highest BCUT2D eigenvalue weighted by Gasteiger charge is 2.19. The van der Waals surface area contributed by atoms with Crippen LogP contribution in [0.2, 0.25) is 0 Å². The van der Waals surface area contributed by atoms with E-state index in [2.05, 4.69) is 21.5 Å². The van der Waals surface area contributed by atoms with Gasteiger partial charge in [0.1, 0.15) is 5.82 Å². The lowest BCUT2D eigenvalue weighted by molar-refractivity contribution is -0.118. The molecule has 3 rings (SSSR count). The summed E-state index contributed by atoms with van der Waals surface area (Å²) in [5.41, 5.74) is 2.85. The number of aryl methyl sites for hydroxylation is 2. The maximum Gasteiger partial charge on any atom is 0.254 e. The van der Waals surface area contributed by atoms with Crippen molar-refractivity contribution in [2.24, 2.45) is 0 Å². The van der Waals surface area contributed by atoms with Gasteiger partial charge in [0, 0.05) is 35.2 Å². The second kappa shape index (κ2) is 8.75. The molecular formula is C21H22N4O2S. The zero-order valence-electron chi connectivity index (χ0n) is 15.9. The first-order valence-corrected chi connectivity index (χ1v) is 9.86. The normalized spacial score (nSPS) is 10.6. The van der Waals surface area contributed by atoms with Crippen LogP contribution in [0.4, 0.5) is 5.13 Å². The molecular weight excluding hydrogens is 372 g/mol. The Kier molecular flexibility index (Phi) is 6.16. The van der Waals surface area contributed by atoms with Crippen LogP contribution in [-0.2, 0) is 11.2 Å². The number of rotatable bonds is 7. The van der Waals surface area contributed by atoms with Gasteiger partial charge in [0.25, 0.3) is 5.56 Å². The fourth-order valence-corrected chi connectivity index (χ4v) is 3.82. The Hall–Kier alpha value is -3.06. The Morgan fingerprint density at radius 2 is 2.00 bits per heavy atom. The quantitative estimate of drug-likeness (QED) is 0.620. The third-order valence-electron chi connectivity index (χ3n) is 4.33. The van der Waals surface area contributed by atoms with Crippen LogP contribution in [0, 0.1) is 13.8 Å². The van der Waals surface area contributed by atoms with Crippen LogP contribution >= 0.6 is 11.3 Å². The molecule has 1 aromatic carbocycles. The molecule has 0 fully saturated rings. The number of nitrogens with one attached hydrogen (secondary N) is 1. The van der Waals surface area contributed by atoms with Gasteiger partial charge >= 0.3 is 0 Å². The molecule has 0 radical (unpaired) electrons. The van der Waals surface area contributed by atoms with Gasteiger partial charge in [-0.3, -0.25) is 14.5 Å². The second-order valence-corrected chi connectivity index (χ2v) is 7.23. The number of carbonyl (C=O) groups excluding carboxylic acids is 1. The molecule has 144 valence electrons. The number of hydrogen-bond acceptors (Lipinski definition) is 5. The minimum absolute atomic E-state index is 0.103. The molecule has 0 saturated carbocycles. The van der Waals surface area contributed by atoms with Crippen molar-refractivity contribution >= 4 is 22.4 Å². The van der Waals surface area contributed by atoms with E-state index in [4.69, 9.17) is 0 Å². The van der Waals surface area contributed by atoms with Gasteiger partial charge < -0.3 is 4.98 Å². The van der Waals surface area contributed by atoms with Crippen molar-refractivity contribution in [3.8, 4) is 11.3 Å². The van der Waals surface area contributed by atoms with Crippen LogP contribution in [0.25, 0.3) is 11.3 Å². The van der Waals surface area contributed by atoms with Gasteiger partial charge in [-0.15, -0.1) is 17.9 Å². The number of nitrogens with zero attached hydrogens (tertiary/aromatic N) is 3. The molecule has 0 atom stereocenters. The summed E-state index contributed by atoms with van der Waals surface area (Å²) in [6.07, 6.45) is 2.20. The summed E-state index contributed by atoms with van der Waals surface area (Å²) in [6, 6.07) is 9.83. The minimum Gasteiger partial charge on any atom is -0.311 e. The van der Waals surface area contributed by atoms with Crippen molar-refractivity contribution in [2.75, 3.05) is 11.4 Å². The molecule has 2 heterocycles. The summed E-state index contributed by atoms with van der Waals surface area (Å²) in [6.45, 7) is 7.64. The van der Waals surface area contributed by atoms with Crippen LogP contribution < -0.4 is 10.5 Å². The van der Waals surface area contributed by atoms with Crippen molar-refractivity contribution < 1.29 is 4.79 Å². The van der Waals surface area contributed by atoms with Crippen LogP contribution in [0.15, 0.2) is 53.2 Å². The zero-order chi connectivity index (χ0) is 20.1. The molecule has 28 heavy (non-hydrogen) atoms. The first kappa shape index (κ1) is 19.7. The van der Waals surface area contributed by atoms with E-state index in [0.29, 0.717) is 35.2 Å². The molecule has 0 aliphatic rings. The van der Waals surface area contributed by atoms with Gasteiger partial charge in [0.05, 0.1) is 5.69 Å². The number of hydrogen-bond donors (Lipinski definition) is 1. The van der Waals surface area contributed by atoms with Gasteiger partial charge in [-0.25, -0.2) is 9.97 Å². The highest BCUT2D eigenvalue weighted by Crippen LogP contribution is 2.28. The molecule has 1 N–H and O–H groups in total. The topological polar surface area (TPSA) is 79.0 Å². The number of benzene rings is 1. The summed E-state index contributed by atoms with van der Waals surface area (Å²) >= 11 is 1.42. The molecule has 0 spiro atoms. The average molecular weight is 395 g/mol. The molecule has 0 aliphatic heterocycles. The maximum absolute atomic E-state index is 12.9. The molecule has 7 heteroatoms. The zero-order valence-corrected chi connectivity index (χ0v) is 16.8. The predicted molar refractivity (Wildman–Crippen MR) is 113 cm³/mol. The number of aromatic amines is 1. The SMILES string of the molecule is C=CCN(C(=O)CCc1c(C)nc(C)[nH]c1=O)c1nc(-c2ccccc2)cs1. The van der Waals surface area contributed by atoms with E-state index >= 15 is 0 Å². The Balaban J connectivity index is 1.77. The number of thiazole rings is 1. The summed E-state index contributed by atoms with van der Waals surface area (Å²) in [7, 11) is 0. The Bertz CT molecular complexity index is 1040. The second-order valence-electron chi connectivity index (χ2n) is 6.39.